The normalized spacial score (nSPS) is 37.3. The molecule has 0 aliphatic heterocycles. The predicted octanol–water partition coefficient (Wildman–Crippen LogP) is 4.75. The molecule has 0 aromatic heterocycles. The van der Waals surface area contributed by atoms with Crippen LogP contribution in [0, 0.1) is 11.3 Å². The maximum Gasteiger partial charge on any atom is 0.0364 e. The highest BCUT2D eigenvalue weighted by molar-refractivity contribution is 6.20. The van der Waals surface area contributed by atoms with E-state index in [-0.39, 0.29) is 0 Å². The molecule has 2 fully saturated rings. The molecule has 2 aliphatic carbocycles. The van der Waals surface area contributed by atoms with Gasteiger partial charge in [0, 0.05) is 5.38 Å². The van der Waals surface area contributed by atoms with Crippen LogP contribution >= 0.6 is 11.6 Å². The molecule has 82 valence electrons. The molecule has 0 heterocycles. The summed E-state index contributed by atoms with van der Waals surface area (Å²) in [6.45, 7) is 2.48. The standard InChI is InChI=1S/C13H23Cl/c1-13(8-4-5-9-13)10-11-6-2-3-7-12(11)14/h11-12H,2-10H2,1H3. The Morgan fingerprint density at radius 3 is 2.36 bits per heavy atom. The molecular formula is C13H23Cl. The molecule has 0 aromatic carbocycles. The lowest BCUT2D eigenvalue weighted by Gasteiger charge is -2.34. The minimum absolute atomic E-state index is 0.487. The summed E-state index contributed by atoms with van der Waals surface area (Å²) in [4.78, 5) is 0. The van der Waals surface area contributed by atoms with E-state index < -0.39 is 0 Å². The first-order chi connectivity index (χ1) is 6.70. The van der Waals surface area contributed by atoms with Crippen LogP contribution in [-0.4, -0.2) is 5.38 Å². The summed E-state index contributed by atoms with van der Waals surface area (Å²) >= 11 is 6.42. The molecule has 0 N–H and O–H groups in total. The highest BCUT2D eigenvalue weighted by atomic mass is 35.5. The summed E-state index contributed by atoms with van der Waals surface area (Å²) < 4.78 is 0. The lowest BCUT2D eigenvalue weighted by molar-refractivity contribution is 0.211. The summed E-state index contributed by atoms with van der Waals surface area (Å²) in [6.07, 6.45) is 12.7. The first-order valence-electron chi connectivity index (χ1n) is 6.34. The van der Waals surface area contributed by atoms with Crippen LogP contribution in [0.4, 0.5) is 0 Å². The molecule has 0 spiro atoms. The molecule has 2 unspecified atom stereocenters. The first kappa shape index (κ1) is 10.8. The molecule has 2 aliphatic rings. The third-order valence-corrected chi connectivity index (χ3v) is 4.96. The minimum Gasteiger partial charge on any atom is -0.123 e. The van der Waals surface area contributed by atoms with E-state index in [1.165, 1.54) is 57.8 Å². The fraction of sp³-hybridized carbons (Fsp3) is 1.00. The zero-order valence-corrected chi connectivity index (χ0v) is 10.2. The molecule has 2 rings (SSSR count). The van der Waals surface area contributed by atoms with Gasteiger partial charge >= 0.3 is 0 Å². The van der Waals surface area contributed by atoms with Crippen LogP contribution in [-0.2, 0) is 0 Å². The summed E-state index contributed by atoms with van der Waals surface area (Å²) in [5.41, 5.74) is 0.648. The van der Waals surface area contributed by atoms with Gasteiger partial charge in [0.05, 0.1) is 0 Å². The lowest BCUT2D eigenvalue weighted by Crippen LogP contribution is -2.26. The van der Waals surface area contributed by atoms with Crippen LogP contribution in [0.15, 0.2) is 0 Å². The van der Waals surface area contributed by atoms with Crippen molar-refractivity contribution >= 4 is 11.6 Å². The second-order valence-corrected chi connectivity index (χ2v) is 6.34. The topological polar surface area (TPSA) is 0 Å². The lowest BCUT2D eigenvalue weighted by atomic mass is 9.74. The second-order valence-electron chi connectivity index (χ2n) is 5.78. The fourth-order valence-electron chi connectivity index (χ4n) is 3.46. The Hall–Kier alpha value is 0.290. The summed E-state index contributed by atoms with van der Waals surface area (Å²) in [7, 11) is 0. The van der Waals surface area contributed by atoms with Gasteiger partial charge in [-0.3, -0.25) is 0 Å². The molecule has 1 heteroatoms. The summed E-state index contributed by atoms with van der Waals surface area (Å²) in [5, 5.41) is 0.487. The predicted molar refractivity (Wildman–Crippen MR) is 62.8 cm³/mol. The minimum atomic E-state index is 0.487. The van der Waals surface area contributed by atoms with E-state index >= 15 is 0 Å². The smallest absolute Gasteiger partial charge is 0.0364 e. The molecule has 0 aromatic rings. The van der Waals surface area contributed by atoms with Crippen LogP contribution in [0.25, 0.3) is 0 Å². The Kier molecular flexibility index (Phi) is 3.42. The van der Waals surface area contributed by atoms with Crippen LogP contribution in [0.2, 0.25) is 0 Å². The van der Waals surface area contributed by atoms with E-state index in [4.69, 9.17) is 11.6 Å². The third kappa shape index (κ3) is 2.45. The SMILES string of the molecule is CC1(CC2CCCCC2Cl)CCCC1. The summed E-state index contributed by atoms with van der Waals surface area (Å²) in [5.74, 6) is 0.827. The van der Waals surface area contributed by atoms with Gasteiger partial charge in [0.1, 0.15) is 0 Å². The van der Waals surface area contributed by atoms with Gasteiger partial charge in [0.15, 0.2) is 0 Å². The molecule has 0 radical (unpaired) electrons. The molecule has 14 heavy (non-hydrogen) atoms. The van der Waals surface area contributed by atoms with Crippen molar-refractivity contribution in [2.24, 2.45) is 11.3 Å². The van der Waals surface area contributed by atoms with Gasteiger partial charge in [0.25, 0.3) is 0 Å². The maximum atomic E-state index is 6.42. The quantitative estimate of drug-likeness (QED) is 0.582. The van der Waals surface area contributed by atoms with E-state index in [1.54, 1.807) is 0 Å². The molecule has 0 bridgehead atoms. The fourth-order valence-corrected chi connectivity index (χ4v) is 3.83. The highest BCUT2D eigenvalue weighted by Gasteiger charge is 2.34. The number of rotatable bonds is 2. The van der Waals surface area contributed by atoms with E-state index in [2.05, 4.69) is 6.92 Å². The first-order valence-corrected chi connectivity index (χ1v) is 6.77. The number of hydrogen-bond donors (Lipinski definition) is 0. The van der Waals surface area contributed by atoms with Gasteiger partial charge in [-0.25, -0.2) is 0 Å². The largest absolute Gasteiger partial charge is 0.123 e. The van der Waals surface area contributed by atoms with Crippen molar-refractivity contribution in [2.75, 3.05) is 0 Å². The average molecular weight is 215 g/mol. The van der Waals surface area contributed by atoms with Crippen LogP contribution < -0.4 is 0 Å². The Morgan fingerprint density at radius 2 is 1.71 bits per heavy atom. The van der Waals surface area contributed by atoms with Crippen molar-refractivity contribution in [3.05, 3.63) is 0 Å². The van der Waals surface area contributed by atoms with Crippen LogP contribution in [0.3, 0.4) is 0 Å². The zero-order valence-electron chi connectivity index (χ0n) is 9.40. The Bertz CT molecular complexity index is 182. The van der Waals surface area contributed by atoms with Gasteiger partial charge in [-0.2, -0.15) is 0 Å². The van der Waals surface area contributed by atoms with Crippen molar-refractivity contribution in [1.29, 1.82) is 0 Å². The summed E-state index contributed by atoms with van der Waals surface area (Å²) in [6, 6.07) is 0. The Labute approximate surface area is 93.4 Å². The van der Waals surface area contributed by atoms with Gasteiger partial charge in [-0.1, -0.05) is 32.6 Å². The average Bonchev–Trinajstić information content (AvgIpc) is 2.57. The van der Waals surface area contributed by atoms with E-state index in [0.717, 1.165) is 5.92 Å². The van der Waals surface area contributed by atoms with Gasteiger partial charge < -0.3 is 0 Å². The molecule has 2 atom stereocenters. The van der Waals surface area contributed by atoms with Crippen LogP contribution in [0.1, 0.15) is 64.7 Å². The van der Waals surface area contributed by atoms with Crippen molar-refractivity contribution in [3.63, 3.8) is 0 Å². The maximum absolute atomic E-state index is 6.42. The number of halogens is 1. The zero-order chi connectivity index (χ0) is 10.0. The Morgan fingerprint density at radius 1 is 1.07 bits per heavy atom. The molecular weight excluding hydrogens is 192 g/mol. The number of hydrogen-bond acceptors (Lipinski definition) is 0. The van der Waals surface area contributed by atoms with Crippen molar-refractivity contribution < 1.29 is 0 Å². The Balaban J connectivity index is 1.88. The van der Waals surface area contributed by atoms with Crippen molar-refractivity contribution in [3.8, 4) is 0 Å². The molecule has 0 saturated heterocycles. The van der Waals surface area contributed by atoms with Crippen molar-refractivity contribution in [1.82, 2.24) is 0 Å². The van der Waals surface area contributed by atoms with E-state index in [9.17, 15) is 0 Å². The van der Waals surface area contributed by atoms with E-state index in [1.807, 2.05) is 0 Å². The molecule has 0 amide bonds. The van der Waals surface area contributed by atoms with Crippen LogP contribution in [0.5, 0.6) is 0 Å². The van der Waals surface area contributed by atoms with Crippen molar-refractivity contribution in [2.45, 2.75) is 70.1 Å². The second kappa shape index (κ2) is 4.43. The van der Waals surface area contributed by atoms with Gasteiger partial charge in [-0.05, 0) is 43.4 Å². The van der Waals surface area contributed by atoms with Gasteiger partial charge in [-0.15, -0.1) is 11.6 Å². The number of alkyl halides is 1. The van der Waals surface area contributed by atoms with Gasteiger partial charge in [0.2, 0.25) is 0 Å². The monoisotopic (exact) mass is 214 g/mol. The third-order valence-electron chi connectivity index (χ3n) is 4.38. The molecule has 2 saturated carbocycles. The van der Waals surface area contributed by atoms with E-state index in [0.29, 0.717) is 10.8 Å². The highest BCUT2D eigenvalue weighted by Crippen LogP contribution is 2.46. The molecule has 0 nitrogen and oxygen atoms in total.